The van der Waals surface area contributed by atoms with Gasteiger partial charge in [-0.15, -0.1) is 24.8 Å². The Kier molecular flexibility index (Phi) is 7.76. The summed E-state index contributed by atoms with van der Waals surface area (Å²) in [4.78, 5) is 20.7. The second-order valence-electron chi connectivity index (χ2n) is 7.77. The molecule has 1 aromatic carbocycles. The molecule has 1 aliphatic heterocycles. The van der Waals surface area contributed by atoms with Gasteiger partial charge in [-0.1, -0.05) is 18.2 Å². The number of amides is 1. The average Bonchev–Trinajstić information content (AvgIpc) is 3.11. The maximum Gasteiger partial charge on any atom is 0.254 e. The lowest BCUT2D eigenvalue weighted by molar-refractivity contribution is 0.0767. The summed E-state index contributed by atoms with van der Waals surface area (Å²) in [5.41, 5.74) is 4.93. The number of carbonyl (C=O) groups excluding carboxylic acids is 1. The van der Waals surface area contributed by atoms with E-state index in [-0.39, 0.29) is 30.7 Å². The van der Waals surface area contributed by atoms with Crippen molar-refractivity contribution in [1.29, 1.82) is 0 Å². The topological polar surface area (TPSA) is 58.4 Å². The minimum atomic E-state index is 0. The van der Waals surface area contributed by atoms with Crippen molar-refractivity contribution in [1.82, 2.24) is 15.2 Å². The Balaban J connectivity index is 0.00000136. The van der Waals surface area contributed by atoms with Gasteiger partial charge in [-0.2, -0.15) is 0 Å². The van der Waals surface area contributed by atoms with Gasteiger partial charge in [0.2, 0.25) is 0 Å². The number of nitrogens with zero attached hydrogens (tertiary/aromatic N) is 2. The third-order valence-electron chi connectivity index (χ3n) is 5.87. The number of fused-ring (bicyclic) bond motifs is 2. The number of carbonyl (C=O) groups is 1. The second-order valence-corrected chi connectivity index (χ2v) is 7.77. The number of nitrogens with one attached hydrogen (secondary N) is 1. The van der Waals surface area contributed by atoms with Crippen LogP contribution in [0.1, 0.15) is 46.6 Å². The summed E-state index contributed by atoms with van der Waals surface area (Å²) < 4.78 is 5.54. The number of allylic oxidation sites excluding steroid dienone is 1. The number of hydrogen-bond acceptors (Lipinski definition) is 4. The van der Waals surface area contributed by atoms with Crippen molar-refractivity contribution in [3.63, 3.8) is 0 Å². The van der Waals surface area contributed by atoms with E-state index in [9.17, 15) is 4.79 Å². The third kappa shape index (κ3) is 4.64. The number of halogens is 2. The number of pyridine rings is 1. The van der Waals surface area contributed by atoms with Gasteiger partial charge in [0.1, 0.15) is 5.76 Å². The van der Waals surface area contributed by atoms with E-state index in [0.29, 0.717) is 0 Å². The van der Waals surface area contributed by atoms with Crippen molar-refractivity contribution in [3.8, 4) is 0 Å². The first-order valence-electron chi connectivity index (χ1n) is 10.5. The lowest BCUT2D eigenvalue weighted by Gasteiger charge is -2.26. The quantitative estimate of drug-likeness (QED) is 0.586. The van der Waals surface area contributed by atoms with Crippen LogP contribution >= 0.6 is 24.8 Å². The maximum absolute atomic E-state index is 13.7. The Bertz CT molecular complexity index is 1070. The number of hydrogen-bond donors (Lipinski definition) is 1. The number of para-hydroxylation sites is 1. The molecule has 3 aromatic rings. The standard InChI is InChI=1S/C24H25N3O2.2ClH/c28-24(27-13-5-11-25-12-14-27)22-19-8-1-2-10-21(19)26-23-17(6-3-9-20(22)23)16-18-7-4-15-29-18;;/h1-2,4,7-8,10,15-16,25H,3,5-6,9,11-14H2;2*1H/b17-16-;;. The lowest BCUT2D eigenvalue weighted by atomic mass is 9.86. The highest BCUT2D eigenvalue weighted by Gasteiger charge is 2.28. The van der Waals surface area contributed by atoms with Crippen molar-refractivity contribution in [2.75, 3.05) is 26.2 Å². The Morgan fingerprint density at radius 2 is 1.90 bits per heavy atom. The number of aromatic nitrogens is 1. The lowest BCUT2D eigenvalue weighted by Crippen LogP contribution is -2.35. The number of rotatable bonds is 2. The second kappa shape index (κ2) is 10.3. The summed E-state index contributed by atoms with van der Waals surface area (Å²) in [7, 11) is 0. The highest BCUT2D eigenvalue weighted by atomic mass is 35.5. The van der Waals surface area contributed by atoms with E-state index in [1.54, 1.807) is 6.26 Å². The molecule has 2 aromatic heterocycles. The molecule has 1 saturated heterocycles. The van der Waals surface area contributed by atoms with Gasteiger partial charge in [-0.25, -0.2) is 4.98 Å². The Labute approximate surface area is 194 Å². The van der Waals surface area contributed by atoms with Crippen LogP contribution in [0.25, 0.3) is 22.6 Å². The monoisotopic (exact) mass is 459 g/mol. The molecule has 0 saturated carbocycles. The average molecular weight is 460 g/mol. The van der Waals surface area contributed by atoms with Gasteiger partial charge < -0.3 is 14.6 Å². The highest BCUT2D eigenvalue weighted by Crippen LogP contribution is 2.36. The van der Waals surface area contributed by atoms with Gasteiger partial charge in [-0.05, 0) is 67.6 Å². The molecule has 7 heteroatoms. The summed E-state index contributed by atoms with van der Waals surface area (Å²) in [5, 5.41) is 4.35. The SMILES string of the molecule is Cl.Cl.O=C(c1c2c(nc3ccccc13)/C(=C\c1ccco1)CCC2)N1CCCNCC1. The van der Waals surface area contributed by atoms with Crippen LogP contribution < -0.4 is 5.32 Å². The maximum atomic E-state index is 13.7. The van der Waals surface area contributed by atoms with E-state index in [1.165, 1.54) is 0 Å². The molecule has 1 fully saturated rings. The van der Waals surface area contributed by atoms with Crippen LogP contribution in [0, 0.1) is 0 Å². The van der Waals surface area contributed by atoms with E-state index in [4.69, 9.17) is 9.40 Å². The van der Waals surface area contributed by atoms with Crippen molar-refractivity contribution in [2.45, 2.75) is 25.7 Å². The van der Waals surface area contributed by atoms with Gasteiger partial charge in [0, 0.05) is 25.0 Å². The molecule has 0 unspecified atom stereocenters. The molecular weight excluding hydrogens is 433 g/mol. The summed E-state index contributed by atoms with van der Waals surface area (Å²) >= 11 is 0. The zero-order valence-corrected chi connectivity index (χ0v) is 18.9. The molecule has 5 nitrogen and oxygen atoms in total. The van der Waals surface area contributed by atoms with E-state index >= 15 is 0 Å². The van der Waals surface area contributed by atoms with Crippen LogP contribution in [0.2, 0.25) is 0 Å². The number of furan rings is 1. The first-order chi connectivity index (χ1) is 14.3. The van der Waals surface area contributed by atoms with E-state index in [2.05, 4.69) is 11.4 Å². The molecule has 31 heavy (non-hydrogen) atoms. The third-order valence-corrected chi connectivity index (χ3v) is 5.87. The fourth-order valence-corrected chi connectivity index (χ4v) is 4.47. The minimum Gasteiger partial charge on any atom is -0.465 e. The molecule has 0 spiro atoms. The van der Waals surface area contributed by atoms with E-state index in [0.717, 1.165) is 90.9 Å². The van der Waals surface area contributed by atoms with Crippen LogP contribution in [0.3, 0.4) is 0 Å². The van der Waals surface area contributed by atoms with Crippen LogP contribution in [0.5, 0.6) is 0 Å². The summed E-state index contributed by atoms with van der Waals surface area (Å²) in [6.45, 7) is 3.36. The molecule has 0 bridgehead atoms. The normalized spacial score (nSPS) is 17.4. The summed E-state index contributed by atoms with van der Waals surface area (Å²) in [6.07, 6.45) is 7.59. The van der Waals surface area contributed by atoms with Gasteiger partial charge in [0.05, 0.1) is 23.0 Å². The predicted octanol–water partition coefficient (Wildman–Crippen LogP) is 4.98. The molecule has 1 aliphatic carbocycles. The Hall–Kier alpha value is -2.34. The molecule has 1 N–H and O–H groups in total. The van der Waals surface area contributed by atoms with Crippen LogP contribution in [-0.2, 0) is 6.42 Å². The van der Waals surface area contributed by atoms with E-state index < -0.39 is 0 Å². The van der Waals surface area contributed by atoms with Crippen molar-refractivity contribution >= 4 is 53.3 Å². The van der Waals surface area contributed by atoms with Crippen LogP contribution in [0.4, 0.5) is 0 Å². The molecular formula is C24H27Cl2N3O2. The molecule has 0 radical (unpaired) electrons. The smallest absolute Gasteiger partial charge is 0.254 e. The number of benzene rings is 1. The first-order valence-corrected chi connectivity index (χ1v) is 10.5. The zero-order chi connectivity index (χ0) is 19.6. The molecule has 164 valence electrons. The molecule has 3 heterocycles. The first kappa shape index (κ1) is 23.3. The largest absolute Gasteiger partial charge is 0.465 e. The van der Waals surface area contributed by atoms with Gasteiger partial charge in [0.15, 0.2) is 0 Å². The zero-order valence-electron chi connectivity index (χ0n) is 17.3. The predicted molar refractivity (Wildman–Crippen MR) is 129 cm³/mol. The molecule has 0 atom stereocenters. The van der Waals surface area contributed by atoms with Crippen molar-refractivity contribution < 1.29 is 9.21 Å². The Morgan fingerprint density at radius 1 is 1.03 bits per heavy atom. The molecule has 1 amide bonds. The fraction of sp³-hybridized carbons (Fsp3) is 0.333. The van der Waals surface area contributed by atoms with Crippen LogP contribution in [0.15, 0.2) is 47.1 Å². The minimum absolute atomic E-state index is 0. The summed E-state index contributed by atoms with van der Waals surface area (Å²) in [5.74, 6) is 0.970. The highest BCUT2D eigenvalue weighted by molar-refractivity contribution is 6.09. The van der Waals surface area contributed by atoms with Gasteiger partial charge >= 0.3 is 0 Å². The summed E-state index contributed by atoms with van der Waals surface area (Å²) in [6, 6.07) is 11.9. The van der Waals surface area contributed by atoms with Gasteiger partial charge in [0.25, 0.3) is 5.91 Å². The van der Waals surface area contributed by atoms with Crippen molar-refractivity contribution in [3.05, 3.63) is 65.2 Å². The van der Waals surface area contributed by atoms with Crippen molar-refractivity contribution in [2.24, 2.45) is 0 Å². The van der Waals surface area contributed by atoms with Crippen LogP contribution in [-0.4, -0.2) is 42.0 Å². The molecule has 2 aliphatic rings. The Morgan fingerprint density at radius 3 is 2.74 bits per heavy atom. The molecule has 5 rings (SSSR count). The van der Waals surface area contributed by atoms with Gasteiger partial charge in [-0.3, -0.25) is 4.79 Å². The fourth-order valence-electron chi connectivity index (χ4n) is 4.47. The van der Waals surface area contributed by atoms with E-state index in [1.807, 2.05) is 41.3 Å².